The summed E-state index contributed by atoms with van der Waals surface area (Å²) in [6.07, 6.45) is -4.49. The summed E-state index contributed by atoms with van der Waals surface area (Å²) in [5, 5.41) is 2.00. The smallest absolute Gasteiger partial charge is 0.408 e. The second kappa shape index (κ2) is 8.45. The van der Waals surface area contributed by atoms with Gasteiger partial charge in [-0.1, -0.05) is 44.2 Å². The number of halogens is 2. The summed E-state index contributed by atoms with van der Waals surface area (Å²) in [5.41, 5.74) is -1.72. The van der Waals surface area contributed by atoms with Gasteiger partial charge in [-0.2, -0.15) is 0 Å². The third kappa shape index (κ3) is 5.19. The van der Waals surface area contributed by atoms with Gasteiger partial charge in [-0.05, 0) is 17.9 Å². The lowest BCUT2D eigenvalue weighted by atomic mass is 9.89. The number of carbonyl (C=O) groups excluding carboxylic acids is 2. The first kappa shape index (κ1) is 18.9. The molecule has 0 radical (unpaired) electrons. The first-order valence-electron chi connectivity index (χ1n) is 7.17. The maximum absolute atomic E-state index is 13.5. The molecule has 23 heavy (non-hydrogen) atoms. The minimum absolute atomic E-state index is 0.0884. The largest absolute Gasteiger partial charge is 0.467 e. The summed E-state index contributed by atoms with van der Waals surface area (Å²) >= 11 is 0. The van der Waals surface area contributed by atoms with Crippen LogP contribution >= 0.6 is 0 Å². The summed E-state index contributed by atoms with van der Waals surface area (Å²) in [4.78, 5) is 23.7. The van der Waals surface area contributed by atoms with E-state index in [-0.39, 0.29) is 18.9 Å². The maximum Gasteiger partial charge on any atom is 0.408 e. The van der Waals surface area contributed by atoms with Gasteiger partial charge >= 0.3 is 12.1 Å². The lowest BCUT2D eigenvalue weighted by Gasteiger charge is -2.32. The molecule has 1 aromatic carbocycles. The van der Waals surface area contributed by atoms with Crippen LogP contribution in [0.3, 0.4) is 0 Å². The Morgan fingerprint density at radius 2 is 1.83 bits per heavy atom. The van der Waals surface area contributed by atoms with Gasteiger partial charge in [0.05, 0.1) is 7.11 Å². The van der Waals surface area contributed by atoms with Crippen LogP contribution in [-0.4, -0.2) is 31.1 Å². The summed E-state index contributed by atoms with van der Waals surface area (Å²) < 4.78 is 36.4. The van der Waals surface area contributed by atoms with E-state index in [9.17, 15) is 18.4 Å². The number of hydrogen-bond donors (Lipinski definition) is 1. The predicted octanol–water partition coefficient (Wildman–Crippen LogP) is 3.14. The van der Waals surface area contributed by atoms with Crippen molar-refractivity contribution < 1.29 is 27.8 Å². The molecular formula is C16H21F2NO4. The van der Waals surface area contributed by atoms with Crippen molar-refractivity contribution in [3.05, 3.63) is 35.9 Å². The summed E-state index contributed by atoms with van der Waals surface area (Å²) in [6.45, 7) is 3.24. The fourth-order valence-corrected chi connectivity index (χ4v) is 2.19. The van der Waals surface area contributed by atoms with Crippen molar-refractivity contribution in [2.24, 2.45) is 5.92 Å². The number of benzene rings is 1. The first-order valence-corrected chi connectivity index (χ1v) is 7.17. The van der Waals surface area contributed by atoms with Crippen molar-refractivity contribution in [3.63, 3.8) is 0 Å². The Hall–Kier alpha value is -2.18. The van der Waals surface area contributed by atoms with Crippen molar-refractivity contribution in [2.75, 3.05) is 7.11 Å². The second-order valence-electron chi connectivity index (χ2n) is 5.55. The number of alkyl halides is 2. The van der Waals surface area contributed by atoms with Gasteiger partial charge in [-0.3, -0.25) is 0 Å². The van der Waals surface area contributed by atoms with Crippen LogP contribution in [0.25, 0.3) is 0 Å². The third-order valence-corrected chi connectivity index (χ3v) is 3.19. The van der Waals surface area contributed by atoms with Crippen LogP contribution in [0.4, 0.5) is 13.6 Å². The maximum atomic E-state index is 13.5. The topological polar surface area (TPSA) is 64.6 Å². The Kier molecular flexibility index (Phi) is 6.93. The van der Waals surface area contributed by atoms with E-state index in [1.54, 1.807) is 44.2 Å². The Morgan fingerprint density at radius 3 is 2.30 bits per heavy atom. The average molecular weight is 329 g/mol. The van der Waals surface area contributed by atoms with Crippen LogP contribution in [0.15, 0.2) is 30.3 Å². The highest BCUT2D eigenvalue weighted by molar-refractivity contribution is 5.86. The van der Waals surface area contributed by atoms with Crippen molar-refractivity contribution in [1.82, 2.24) is 5.32 Å². The minimum Gasteiger partial charge on any atom is -0.467 e. The first-order chi connectivity index (χ1) is 10.8. The highest BCUT2D eigenvalue weighted by atomic mass is 19.3. The van der Waals surface area contributed by atoms with E-state index in [1.165, 1.54) is 0 Å². The third-order valence-electron chi connectivity index (χ3n) is 3.19. The molecule has 0 aliphatic rings. The molecule has 0 saturated heterocycles. The molecule has 1 rings (SSSR count). The molecule has 0 fully saturated rings. The zero-order valence-corrected chi connectivity index (χ0v) is 13.3. The molecule has 1 N–H and O–H groups in total. The lowest BCUT2D eigenvalue weighted by Crippen LogP contribution is -2.60. The number of ether oxygens (including phenoxy) is 2. The molecule has 1 amide bonds. The predicted molar refractivity (Wildman–Crippen MR) is 80.0 cm³/mol. The zero-order valence-electron chi connectivity index (χ0n) is 13.3. The standard InChI is InChI=1S/C16H21F2NO4/c1-11(2)9-16(13(17)18,14(20)22-3)19-15(21)23-10-12-7-5-4-6-8-12/h4-8,11,13H,9-10H2,1-3H3,(H,19,21). The second-order valence-corrected chi connectivity index (χ2v) is 5.55. The van der Waals surface area contributed by atoms with E-state index in [2.05, 4.69) is 4.74 Å². The minimum atomic E-state index is -3.12. The number of carbonyl (C=O) groups is 2. The molecule has 1 atom stereocenters. The highest BCUT2D eigenvalue weighted by Gasteiger charge is 2.50. The number of amides is 1. The van der Waals surface area contributed by atoms with Crippen molar-refractivity contribution in [2.45, 2.75) is 38.8 Å². The van der Waals surface area contributed by atoms with Gasteiger partial charge in [0.2, 0.25) is 5.54 Å². The Balaban J connectivity index is 2.82. The summed E-state index contributed by atoms with van der Waals surface area (Å²) in [6, 6.07) is 8.76. The van der Waals surface area contributed by atoms with Gasteiger partial charge < -0.3 is 14.8 Å². The van der Waals surface area contributed by atoms with Crippen molar-refractivity contribution in [3.8, 4) is 0 Å². The molecule has 0 bridgehead atoms. The fraction of sp³-hybridized carbons (Fsp3) is 0.500. The van der Waals surface area contributed by atoms with Crippen molar-refractivity contribution >= 4 is 12.1 Å². The number of methoxy groups -OCH3 is 1. The Morgan fingerprint density at radius 1 is 1.22 bits per heavy atom. The average Bonchev–Trinajstić information content (AvgIpc) is 2.51. The monoisotopic (exact) mass is 329 g/mol. The van der Waals surface area contributed by atoms with E-state index in [0.29, 0.717) is 5.56 Å². The molecule has 0 spiro atoms. The molecule has 0 aromatic heterocycles. The van der Waals surface area contributed by atoms with Gasteiger partial charge in [-0.25, -0.2) is 18.4 Å². The number of rotatable bonds is 7. The van der Waals surface area contributed by atoms with E-state index in [0.717, 1.165) is 7.11 Å². The van der Waals surface area contributed by atoms with Crippen LogP contribution in [0, 0.1) is 5.92 Å². The van der Waals surface area contributed by atoms with Crippen LogP contribution in [0.1, 0.15) is 25.8 Å². The molecule has 0 saturated carbocycles. The normalized spacial score (nSPS) is 13.5. The van der Waals surface area contributed by atoms with Crippen LogP contribution in [0.2, 0.25) is 0 Å². The van der Waals surface area contributed by atoms with Gasteiger partial charge in [0.1, 0.15) is 6.61 Å². The Labute approximate surface area is 134 Å². The van der Waals surface area contributed by atoms with Gasteiger partial charge in [0.25, 0.3) is 6.43 Å². The molecular weight excluding hydrogens is 308 g/mol. The summed E-state index contributed by atoms with van der Waals surface area (Å²) in [7, 11) is 0.997. The SMILES string of the molecule is COC(=O)C(CC(C)C)(NC(=O)OCc1ccccc1)C(F)F. The molecule has 7 heteroatoms. The molecule has 5 nitrogen and oxygen atoms in total. The number of hydrogen-bond acceptors (Lipinski definition) is 4. The number of esters is 1. The van der Waals surface area contributed by atoms with Gasteiger partial charge in [0, 0.05) is 0 Å². The van der Waals surface area contributed by atoms with Crippen LogP contribution in [-0.2, 0) is 20.9 Å². The van der Waals surface area contributed by atoms with Crippen LogP contribution < -0.4 is 5.32 Å². The highest BCUT2D eigenvalue weighted by Crippen LogP contribution is 2.26. The van der Waals surface area contributed by atoms with Crippen LogP contribution in [0.5, 0.6) is 0 Å². The fourth-order valence-electron chi connectivity index (χ4n) is 2.19. The molecule has 0 aliphatic carbocycles. The Bertz CT molecular complexity index is 522. The van der Waals surface area contributed by atoms with Gasteiger partial charge in [0.15, 0.2) is 0 Å². The molecule has 0 aliphatic heterocycles. The van der Waals surface area contributed by atoms with Gasteiger partial charge in [-0.15, -0.1) is 0 Å². The number of nitrogens with one attached hydrogen (secondary N) is 1. The molecule has 1 unspecified atom stereocenters. The van der Waals surface area contributed by atoms with E-state index >= 15 is 0 Å². The molecule has 128 valence electrons. The molecule has 1 aromatic rings. The number of alkyl carbamates (subject to hydrolysis) is 1. The molecule has 0 heterocycles. The van der Waals surface area contributed by atoms with E-state index in [1.807, 2.05) is 5.32 Å². The van der Waals surface area contributed by atoms with Crippen molar-refractivity contribution in [1.29, 1.82) is 0 Å². The summed E-state index contributed by atoms with van der Waals surface area (Å²) in [5.74, 6) is -1.46. The van der Waals surface area contributed by atoms with E-state index < -0.39 is 24.0 Å². The zero-order chi connectivity index (χ0) is 17.5. The quantitative estimate of drug-likeness (QED) is 0.781. The lowest BCUT2D eigenvalue weighted by molar-refractivity contribution is -0.157. The van der Waals surface area contributed by atoms with E-state index in [4.69, 9.17) is 4.74 Å².